The van der Waals surface area contributed by atoms with E-state index in [0.29, 0.717) is 0 Å². The molecule has 0 rings (SSSR count). The first-order valence-corrected chi connectivity index (χ1v) is 9.60. The summed E-state index contributed by atoms with van der Waals surface area (Å²) in [6, 6.07) is 0. The fourth-order valence-electron chi connectivity index (χ4n) is 3.53. The monoisotopic (exact) mass is 296 g/mol. The lowest BCUT2D eigenvalue weighted by Gasteiger charge is -2.26. The van der Waals surface area contributed by atoms with Gasteiger partial charge in [0.1, 0.15) is 6.29 Å². The molecule has 0 N–H and O–H groups in total. The number of rotatable bonds is 14. The smallest absolute Gasteiger partial charge is 0.123 e. The first kappa shape index (κ1) is 20.7. The molecular weight excluding hydrogens is 256 g/mol. The molecule has 0 aliphatic heterocycles. The van der Waals surface area contributed by atoms with Crippen molar-refractivity contribution >= 4 is 6.29 Å². The molecule has 0 saturated carbocycles. The van der Waals surface area contributed by atoms with Gasteiger partial charge >= 0.3 is 0 Å². The maximum absolute atomic E-state index is 11.1. The maximum atomic E-state index is 11.1. The van der Waals surface area contributed by atoms with Crippen LogP contribution in [0, 0.1) is 23.7 Å². The Morgan fingerprint density at radius 3 is 1.67 bits per heavy atom. The van der Waals surface area contributed by atoms with Gasteiger partial charge < -0.3 is 4.79 Å². The molecule has 0 aromatic heterocycles. The second-order valence-corrected chi connectivity index (χ2v) is 6.98. The second-order valence-electron chi connectivity index (χ2n) is 6.98. The Bertz CT molecular complexity index is 236. The largest absolute Gasteiger partial charge is 0.303 e. The third-order valence-electron chi connectivity index (χ3n) is 5.38. The Morgan fingerprint density at radius 2 is 1.24 bits per heavy atom. The Kier molecular flexibility index (Phi) is 13.1. The van der Waals surface area contributed by atoms with Crippen LogP contribution in [0.1, 0.15) is 98.8 Å². The Balaban J connectivity index is 4.38. The Morgan fingerprint density at radius 1 is 0.714 bits per heavy atom. The summed E-state index contributed by atoms with van der Waals surface area (Å²) >= 11 is 0. The van der Waals surface area contributed by atoms with E-state index in [1.165, 1.54) is 57.7 Å². The fraction of sp³-hybridized carbons (Fsp3) is 0.950. The summed E-state index contributed by atoms with van der Waals surface area (Å²) in [5.41, 5.74) is 0. The molecule has 21 heavy (non-hydrogen) atoms. The van der Waals surface area contributed by atoms with E-state index in [4.69, 9.17) is 0 Å². The van der Waals surface area contributed by atoms with Crippen molar-refractivity contribution in [3.63, 3.8) is 0 Å². The zero-order valence-electron chi connectivity index (χ0n) is 15.4. The van der Waals surface area contributed by atoms with Gasteiger partial charge in [0, 0.05) is 5.92 Å². The van der Waals surface area contributed by atoms with Gasteiger partial charge in [-0.05, 0) is 43.4 Å². The molecule has 1 heteroatoms. The van der Waals surface area contributed by atoms with Crippen molar-refractivity contribution in [3.05, 3.63) is 0 Å². The quantitative estimate of drug-likeness (QED) is 0.328. The molecule has 0 heterocycles. The lowest BCUT2D eigenvalue weighted by atomic mass is 9.79. The topological polar surface area (TPSA) is 17.1 Å². The molecule has 0 bridgehead atoms. The van der Waals surface area contributed by atoms with E-state index in [1.807, 2.05) is 0 Å². The SMILES string of the molecule is CCCCC(CC)CC(CC)CC(CC)CC(C=O)CC. The molecule has 0 radical (unpaired) electrons. The molecule has 0 aromatic carbocycles. The second kappa shape index (κ2) is 13.3. The van der Waals surface area contributed by atoms with E-state index in [9.17, 15) is 4.79 Å². The van der Waals surface area contributed by atoms with Crippen LogP contribution >= 0.6 is 0 Å². The normalized spacial score (nSPS) is 17.2. The predicted octanol–water partition coefficient (Wildman–Crippen LogP) is 6.65. The minimum absolute atomic E-state index is 0.287. The molecule has 0 aromatic rings. The lowest BCUT2D eigenvalue weighted by Crippen LogP contribution is -2.16. The molecular formula is C20H40O. The molecule has 1 nitrogen and oxygen atoms in total. The highest BCUT2D eigenvalue weighted by Gasteiger charge is 2.20. The van der Waals surface area contributed by atoms with Crippen LogP contribution in [0.4, 0.5) is 0 Å². The standard InChI is InChI=1S/C20H40O/c1-6-11-12-17(7-2)13-18(8-3)14-19(9-4)15-20(10-5)16-21/h16-20H,6-15H2,1-5H3. The number of hydrogen-bond donors (Lipinski definition) is 0. The maximum Gasteiger partial charge on any atom is 0.123 e. The number of aldehydes is 1. The zero-order chi connectivity index (χ0) is 16.1. The van der Waals surface area contributed by atoms with Crippen molar-refractivity contribution < 1.29 is 4.79 Å². The van der Waals surface area contributed by atoms with Gasteiger partial charge in [-0.25, -0.2) is 0 Å². The van der Waals surface area contributed by atoms with Crippen molar-refractivity contribution in [2.45, 2.75) is 98.8 Å². The molecule has 0 saturated heterocycles. The van der Waals surface area contributed by atoms with Gasteiger partial charge in [-0.15, -0.1) is 0 Å². The average molecular weight is 297 g/mol. The minimum Gasteiger partial charge on any atom is -0.303 e. The lowest BCUT2D eigenvalue weighted by molar-refractivity contribution is -0.111. The van der Waals surface area contributed by atoms with Gasteiger partial charge in [-0.3, -0.25) is 0 Å². The van der Waals surface area contributed by atoms with E-state index in [0.717, 1.165) is 30.6 Å². The van der Waals surface area contributed by atoms with Crippen LogP contribution in [0.15, 0.2) is 0 Å². The third-order valence-corrected chi connectivity index (χ3v) is 5.38. The number of hydrogen-bond acceptors (Lipinski definition) is 1. The van der Waals surface area contributed by atoms with E-state index in [2.05, 4.69) is 34.6 Å². The molecule has 0 aliphatic rings. The van der Waals surface area contributed by atoms with Crippen LogP contribution in [0.2, 0.25) is 0 Å². The summed E-state index contributed by atoms with van der Waals surface area (Å²) in [4.78, 5) is 11.1. The highest BCUT2D eigenvalue weighted by Crippen LogP contribution is 2.31. The summed E-state index contributed by atoms with van der Waals surface area (Å²) < 4.78 is 0. The molecule has 0 spiro atoms. The summed E-state index contributed by atoms with van der Waals surface area (Å²) in [5, 5.41) is 0. The highest BCUT2D eigenvalue weighted by molar-refractivity contribution is 5.53. The molecule has 0 aliphatic carbocycles. The van der Waals surface area contributed by atoms with Gasteiger partial charge in [-0.2, -0.15) is 0 Å². The Labute approximate surface area is 134 Å². The molecule has 0 amide bonds. The first-order chi connectivity index (χ1) is 10.1. The van der Waals surface area contributed by atoms with Crippen molar-refractivity contribution in [1.82, 2.24) is 0 Å². The minimum atomic E-state index is 0.287. The summed E-state index contributed by atoms with van der Waals surface area (Å²) in [6.45, 7) is 11.4. The van der Waals surface area contributed by atoms with Gasteiger partial charge in [0.15, 0.2) is 0 Å². The number of carbonyl (C=O) groups excluding carboxylic acids is 1. The third kappa shape index (κ3) is 9.32. The van der Waals surface area contributed by atoms with E-state index in [1.54, 1.807) is 0 Å². The number of unbranched alkanes of at least 4 members (excludes halogenated alkanes) is 1. The van der Waals surface area contributed by atoms with Crippen LogP contribution in [-0.2, 0) is 4.79 Å². The predicted molar refractivity (Wildman–Crippen MR) is 94.6 cm³/mol. The zero-order valence-corrected chi connectivity index (χ0v) is 15.4. The first-order valence-electron chi connectivity index (χ1n) is 9.60. The Hall–Kier alpha value is -0.330. The van der Waals surface area contributed by atoms with Crippen LogP contribution in [0.25, 0.3) is 0 Å². The van der Waals surface area contributed by atoms with Crippen LogP contribution in [0.5, 0.6) is 0 Å². The van der Waals surface area contributed by atoms with Crippen LogP contribution in [-0.4, -0.2) is 6.29 Å². The molecule has 0 fully saturated rings. The van der Waals surface area contributed by atoms with Gasteiger partial charge in [0.25, 0.3) is 0 Å². The van der Waals surface area contributed by atoms with Gasteiger partial charge in [0.05, 0.1) is 0 Å². The van der Waals surface area contributed by atoms with E-state index < -0.39 is 0 Å². The van der Waals surface area contributed by atoms with Crippen molar-refractivity contribution in [2.75, 3.05) is 0 Å². The summed E-state index contributed by atoms with van der Waals surface area (Å²) in [6.07, 6.45) is 14.0. The van der Waals surface area contributed by atoms with Gasteiger partial charge in [-0.1, -0.05) is 73.1 Å². The van der Waals surface area contributed by atoms with E-state index >= 15 is 0 Å². The van der Waals surface area contributed by atoms with Crippen LogP contribution < -0.4 is 0 Å². The summed E-state index contributed by atoms with van der Waals surface area (Å²) in [5.74, 6) is 2.81. The van der Waals surface area contributed by atoms with Crippen molar-refractivity contribution in [3.8, 4) is 0 Å². The molecule has 126 valence electrons. The fourth-order valence-corrected chi connectivity index (χ4v) is 3.53. The average Bonchev–Trinajstić information content (AvgIpc) is 2.53. The van der Waals surface area contributed by atoms with Crippen molar-refractivity contribution in [2.24, 2.45) is 23.7 Å². The summed E-state index contributed by atoms with van der Waals surface area (Å²) in [7, 11) is 0. The van der Waals surface area contributed by atoms with Gasteiger partial charge in [0.2, 0.25) is 0 Å². The van der Waals surface area contributed by atoms with E-state index in [-0.39, 0.29) is 5.92 Å². The van der Waals surface area contributed by atoms with Crippen LogP contribution in [0.3, 0.4) is 0 Å². The highest BCUT2D eigenvalue weighted by atomic mass is 16.1. The molecule has 4 atom stereocenters. The number of carbonyl (C=O) groups is 1. The molecule has 4 unspecified atom stereocenters. The van der Waals surface area contributed by atoms with Crippen molar-refractivity contribution in [1.29, 1.82) is 0 Å².